The van der Waals surface area contributed by atoms with Crippen LogP contribution in [0.2, 0.25) is 0 Å². The molecule has 0 radical (unpaired) electrons. The van der Waals surface area contributed by atoms with E-state index in [1.807, 2.05) is 0 Å². The lowest BCUT2D eigenvalue weighted by Crippen LogP contribution is -2.26. The number of benzene rings is 1. The van der Waals surface area contributed by atoms with E-state index in [2.05, 4.69) is 72.5 Å². The molecule has 0 N–H and O–H groups in total. The predicted molar refractivity (Wildman–Crippen MR) is 83.0 cm³/mol. The average Bonchev–Trinajstić information content (AvgIpc) is 2.69. The van der Waals surface area contributed by atoms with Gasteiger partial charge in [0.25, 0.3) is 0 Å². The van der Waals surface area contributed by atoms with Crippen molar-refractivity contribution in [2.45, 2.75) is 26.3 Å². The van der Waals surface area contributed by atoms with E-state index in [9.17, 15) is 0 Å². The SMILES string of the molecule is CCCN(CC1=CC=CCC=C1)Cc1ccccc1. The van der Waals surface area contributed by atoms with Crippen LogP contribution in [0.4, 0.5) is 0 Å². The molecule has 1 aromatic rings. The van der Waals surface area contributed by atoms with Crippen molar-refractivity contribution >= 4 is 0 Å². The third kappa shape index (κ3) is 4.88. The topological polar surface area (TPSA) is 3.24 Å². The van der Waals surface area contributed by atoms with Crippen LogP contribution in [0.25, 0.3) is 0 Å². The molecule has 0 saturated carbocycles. The van der Waals surface area contributed by atoms with Crippen LogP contribution in [-0.2, 0) is 6.54 Å². The molecule has 1 heteroatoms. The molecule has 0 aliphatic heterocycles. The molecule has 100 valence electrons. The van der Waals surface area contributed by atoms with Crippen LogP contribution in [0.15, 0.2) is 66.3 Å². The highest BCUT2D eigenvalue weighted by Gasteiger charge is 2.06. The van der Waals surface area contributed by atoms with Crippen LogP contribution < -0.4 is 0 Å². The molecule has 0 fully saturated rings. The molecule has 0 amide bonds. The maximum Gasteiger partial charge on any atom is 0.0237 e. The molecular formula is C18H23N. The predicted octanol–water partition coefficient (Wildman–Crippen LogP) is 4.34. The van der Waals surface area contributed by atoms with Gasteiger partial charge in [0.15, 0.2) is 0 Å². The Bertz CT molecular complexity index is 454. The van der Waals surface area contributed by atoms with Crippen molar-refractivity contribution in [3.63, 3.8) is 0 Å². The molecule has 0 bridgehead atoms. The minimum absolute atomic E-state index is 1.03. The summed E-state index contributed by atoms with van der Waals surface area (Å²) in [4.78, 5) is 2.52. The highest BCUT2D eigenvalue weighted by atomic mass is 15.1. The van der Waals surface area contributed by atoms with Crippen LogP contribution in [0.1, 0.15) is 25.3 Å². The van der Waals surface area contributed by atoms with Crippen LogP contribution >= 0.6 is 0 Å². The first-order valence-electron chi connectivity index (χ1n) is 7.17. The maximum atomic E-state index is 2.52. The molecule has 0 spiro atoms. The zero-order valence-electron chi connectivity index (χ0n) is 11.8. The van der Waals surface area contributed by atoms with Crippen molar-refractivity contribution in [1.82, 2.24) is 4.90 Å². The average molecular weight is 253 g/mol. The van der Waals surface area contributed by atoms with E-state index >= 15 is 0 Å². The Morgan fingerprint density at radius 1 is 1.05 bits per heavy atom. The fourth-order valence-electron chi connectivity index (χ4n) is 2.36. The van der Waals surface area contributed by atoms with Crippen molar-refractivity contribution < 1.29 is 0 Å². The summed E-state index contributed by atoms with van der Waals surface area (Å²) in [5.41, 5.74) is 2.79. The molecular weight excluding hydrogens is 230 g/mol. The summed E-state index contributed by atoms with van der Waals surface area (Å²) in [5, 5.41) is 0. The van der Waals surface area contributed by atoms with Gasteiger partial charge in [-0.1, -0.05) is 67.6 Å². The van der Waals surface area contributed by atoms with Crippen LogP contribution in [-0.4, -0.2) is 18.0 Å². The van der Waals surface area contributed by atoms with E-state index < -0.39 is 0 Å². The zero-order chi connectivity index (χ0) is 13.3. The largest absolute Gasteiger partial charge is 0.295 e. The standard InChI is InChI=1S/C18H23N/c1-2-14-19(16-18-12-8-5-9-13-18)15-17-10-6-3-4-7-11-17/h3,5-13H,2,4,14-16H2,1H3. The Kier molecular flexibility index (Phi) is 5.64. The van der Waals surface area contributed by atoms with Crippen LogP contribution in [0.3, 0.4) is 0 Å². The molecule has 1 nitrogen and oxygen atoms in total. The van der Waals surface area contributed by atoms with Crippen LogP contribution in [0, 0.1) is 0 Å². The van der Waals surface area contributed by atoms with Gasteiger partial charge >= 0.3 is 0 Å². The van der Waals surface area contributed by atoms with Gasteiger partial charge in [-0.25, -0.2) is 0 Å². The van der Waals surface area contributed by atoms with Gasteiger partial charge in [-0.15, -0.1) is 0 Å². The van der Waals surface area contributed by atoms with Gasteiger partial charge < -0.3 is 0 Å². The molecule has 0 heterocycles. The lowest BCUT2D eigenvalue weighted by atomic mass is 10.1. The first-order valence-corrected chi connectivity index (χ1v) is 7.17. The Morgan fingerprint density at radius 3 is 2.68 bits per heavy atom. The van der Waals surface area contributed by atoms with Gasteiger partial charge in [0.2, 0.25) is 0 Å². The van der Waals surface area contributed by atoms with Gasteiger partial charge in [0, 0.05) is 13.1 Å². The van der Waals surface area contributed by atoms with E-state index in [4.69, 9.17) is 0 Å². The zero-order valence-corrected chi connectivity index (χ0v) is 11.8. The monoisotopic (exact) mass is 253 g/mol. The summed E-state index contributed by atoms with van der Waals surface area (Å²) in [6, 6.07) is 10.7. The Balaban J connectivity index is 1.99. The first-order chi connectivity index (χ1) is 9.38. The molecule has 1 aliphatic rings. The minimum atomic E-state index is 1.03. The quantitative estimate of drug-likeness (QED) is 0.729. The van der Waals surface area contributed by atoms with E-state index in [1.54, 1.807) is 0 Å². The summed E-state index contributed by atoms with van der Waals surface area (Å²) in [5.74, 6) is 0. The molecule has 1 aliphatic carbocycles. The molecule has 0 aromatic heterocycles. The van der Waals surface area contributed by atoms with E-state index in [0.29, 0.717) is 0 Å². The van der Waals surface area contributed by atoms with Crippen molar-refractivity contribution in [1.29, 1.82) is 0 Å². The normalized spacial score (nSPS) is 14.5. The van der Waals surface area contributed by atoms with Gasteiger partial charge in [-0.3, -0.25) is 4.90 Å². The molecule has 2 rings (SSSR count). The fraction of sp³-hybridized carbons (Fsp3) is 0.333. The van der Waals surface area contributed by atoms with Gasteiger partial charge in [0.1, 0.15) is 0 Å². The smallest absolute Gasteiger partial charge is 0.0237 e. The third-order valence-electron chi connectivity index (χ3n) is 3.25. The van der Waals surface area contributed by atoms with Gasteiger partial charge in [-0.2, -0.15) is 0 Å². The van der Waals surface area contributed by atoms with Crippen molar-refractivity contribution in [2.24, 2.45) is 0 Å². The second-order valence-electron chi connectivity index (χ2n) is 5.00. The van der Waals surface area contributed by atoms with Gasteiger partial charge in [0.05, 0.1) is 0 Å². The fourth-order valence-corrected chi connectivity index (χ4v) is 2.36. The Morgan fingerprint density at radius 2 is 1.89 bits per heavy atom. The molecule has 1 aromatic carbocycles. The molecule has 0 unspecified atom stereocenters. The first kappa shape index (κ1) is 13.8. The number of allylic oxidation sites excluding steroid dienone is 4. The summed E-state index contributed by atoms with van der Waals surface area (Å²) in [6.45, 7) is 5.45. The summed E-state index contributed by atoms with van der Waals surface area (Å²) < 4.78 is 0. The minimum Gasteiger partial charge on any atom is -0.295 e. The molecule has 19 heavy (non-hydrogen) atoms. The van der Waals surface area contributed by atoms with Crippen molar-refractivity contribution in [3.8, 4) is 0 Å². The van der Waals surface area contributed by atoms with Crippen LogP contribution in [0.5, 0.6) is 0 Å². The second kappa shape index (κ2) is 7.75. The van der Waals surface area contributed by atoms with Crippen molar-refractivity contribution in [2.75, 3.05) is 13.1 Å². The summed E-state index contributed by atoms with van der Waals surface area (Å²) in [6.07, 6.45) is 13.3. The Labute approximate surface area is 116 Å². The summed E-state index contributed by atoms with van der Waals surface area (Å²) in [7, 11) is 0. The highest BCUT2D eigenvalue weighted by molar-refractivity contribution is 5.28. The molecule has 0 saturated heterocycles. The molecule has 0 atom stereocenters. The maximum absolute atomic E-state index is 2.52. The number of rotatable bonds is 6. The highest BCUT2D eigenvalue weighted by Crippen LogP contribution is 2.11. The van der Waals surface area contributed by atoms with Crippen molar-refractivity contribution in [3.05, 3.63) is 71.8 Å². The lowest BCUT2D eigenvalue weighted by molar-refractivity contribution is 0.290. The van der Waals surface area contributed by atoms with E-state index in [0.717, 1.165) is 26.1 Å². The van der Waals surface area contributed by atoms with E-state index in [-0.39, 0.29) is 0 Å². The second-order valence-corrected chi connectivity index (χ2v) is 5.00. The lowest BCUT2D eigenvalue weighted by Gasteiger charge is -2.22. The number of hydrogen-bond donors (Lipinski definition) is 0. The third-order valence-corrected chi connectivity index (χ3v) is 3.25. The van der Waals surface area contributed by atoms with Gasteiger partial charge in [-0.05, 0) is 30.5 Å². The van der Waals surface area contributed by atoms with E-state index in [1.165, 1.54) is 17.6 Å². The summed E-state index contributed by atoms with van der Waals surface area (Å²) >= 11 is 0. The Hall–Kier alpha value is -1.60. The number of hydrogen-bond acceptors (Lipinski definition) is 1. The number of nitrogens with zero attached hydrogens (tertiary/aromatic N) is 1.